The molecule has 2 aromatic heterocycles. The standard InChI is InChI=1S/C19H16FN5O4S/c1-11-10-21-18(22-12-7-8-13(20)16(9-12)30(2,27)28)23-17(11)24-25-14-5-3-4-6-15(14)29-19(25)26/h3-10H,1-2H3,(H2,21,22,23,24). The smallest absolute Gasteiger partial charge is 0.406 e. The van der Waals surface area contributed by atoms with Gasteiger partial charge in [-0.05, 0) is 37.3 Å². The molecule has 11 heteroatoms. The van der Waals surface area contributed by atoms with E-state index in [1.54, 1.807) is 31.2 Å². The molecule has 0 aliphatic carbocycles. The van der Waals surface area contributed by atoms with Crippen molar-refractivity contribution in [1.82, 2.24) is 14.6 Å². The molecule has 0 aliphatic heterocycles. The van der Waals surface area contributed by atoms with Crippen LogP contribution in [0, 0.1) is 12.7 Å². The minimum atomic E-state index is -3.74. The van der Waals surface area contributed by atoms with Gasteiger partial charge < -0.3 is 9.73 Å². The van der Waals surface area contributed by atoms with Crippen LogP contribution in [0.5, 0.6) is 0 Å². The van der Waals surface area contributed by atoms with Crippen molar-refractivity contribution in [3.8, 4) is 0 Å². The molecule has 0 saturated carbocycles. The minimum Gasteiger partial charge on any atom is -0.406 e. The van der Waals surface area contributed by atoms with Crippen LogP contribution in [-0.2, 0) is 9.84 Å². The van der Waals surface area contributed by atoms with Crippen LogP contribution in [0.2, 0.25) is 0 Å². The highest BCUT2D eigenvalue weighted by Crippen LogP contribution is 2.23. The van der Waals surface area contributed by atoms with Crippen molar-refractivity contribution in [3.05, 3.63) is 70.6 Å². The quantitative estimate of drug-likeness (QED) is 0.497. The van der Waals surface area contributed by atoms with Crippen molar-refractivity contribution >= 4 is 38.4 Å². The number of halogens is 1. The molecule has 0 saturated heterocycles. The van der Waals surface area contributed by atoms with Crippen molar-refractivity contribution in [2.45, 2.75) is 11.8 Å². The molecule has 30 heavy (non-hydrogen) atoms. The van der Waals surface area contributed by atoms with Crippen LogP contribution in [0.15, 0.2) is 62.8 Å². The summed E-state index contributed by atoms with van der Waals surface area (Å²) in [6, 6.07) is 10.5. The third-order valence-electron chi connectivity index (χ3n) is 4.26. The van der Waals surface area contributed by atoms with Crippen molar-refractivity contribution in [2.75, 3.05) is 17.0 Å². The Morgan fingerprint density at radius 2 is 1.93 bits per heavy atom. The summed E-state index contributed by atoms with van der Waals surface area (Å²) in [6.07, 6.45) is 2.44. The number of oxazole rings is 1. The number of benzene rings is 2. The highest BCUT2D eigenvalue weighted by atomic mass is 32.2. The van der Waals surface area contributed by atoms with Gasteiger partial charge in [0.2, 0.25) is 5.95 Å². The zero-order chi connectivity index (χ0) is 21.5. The van der Waals surface area contributed by atoms with E-state index in [1.807, 2.05) is 0 Å². The molecule has 2 aromatic carbocycles. The number of fused-ring (bicyclic) bond motifs is 1. The van der Waals surface area contributed by atoms with Crippen molar-refractivity contribution in [1.29, 1.82) is 0 Å². The first-order chi connectivity index (χ1) is 14.2. The fourth-order valence-corrected chi connectivity index (χ4v) is 3.55. The largest absolute Gasteiger partial charge is 0.439 e. The molecule has 2 heterocycles. The predicted octanol–water partition coefficient (Wildman–Crippen LogP) is 2.85. The average Bonchev–Trinajstić information content (AvgIpc) is 3.00. The maximum atomic E-state index is 13.8. The topological polar surface area (TPSA) is 119 Å². The summed E-state index contributed by atoms with van der Waals surface area (Å²) < 4.78 is 43.7. The minimum absolute atomic E-state index is 0.120. The molecule has 0 fully saturated rings. The summed E-state index contributed by atoms with van der Waals surface area (Å²) in [7, 11) is -3.74. The lowest BCUT2D eigenvalue weighted by molar-refractivity contribution is 0.532. The summed E-state index contributed by atoms with van der Waals surface area (Å²) in [5.74, 6) is -1.01. The van der Waals surface area contributed by atoms with E-state index in [1.165, 1.54) is 16.9 Å². The van der Waals surface area contributed by atoms with E-state index in [2.05, 4.69) is 20.7 Å². The van der Waals surface area contributed by atoms with Crippen LogP contribution in [0.1, 0.15) is 5.56 Å². The van der Waals surface area contributed by atoms with Gasteiger partial charge in [-0.15, -0.1) is 0 Å². The number of rotatable bonds is 5. The number of sulfone groups is 1. The first-order valence-electron chi connectivity index (χ1n) is 8.70. The molecule has 4 aromatic rings. The van der Waals surface area contributed by atoms with Crippen molar-refractivity contribution in [3.63, 3.8) is 0 Å². The second-order valence-electron chi connectivity index (χ2n) is 6.55. The molecule has 154 valence electrons. The number of para-hydroxylation sites is 2. The summed E-state index contributed by atoms with van der Waals surface area (Å²) >= 11 is 0. The van der Waals surface area contributed by atoms with E-state index in [-0.39, 0.29) is 11.6 Å². The van der Waals surface area contributed by atoms with E-state index >= 15 is 0 Å². The second kappa shape index (κ2) is 7.26. The van der Waals surface area contributed by atoms with Crippen LogP contribution in [0.3, 0.4) is 0 Å². The molecule has 2 N–H and O–H groups in total. The van der Waals surface area contributed by atoms with Crippen LogP contribution in [-0.4, -0.2) is 29.3 Å². The SMILES string of the molecule is Cc1cnc(Nc2ccc(F)c(S(C)(=O)=O)c2)nc1Nn1c(=O)oc2ccccc21. The Morgan fingerprint density at radius 3 is 2.70 bits per heavy atom. The van der Waals surface area contributed by atoms with Crippen LogP contribution < -0.4 is 16.5 Å². The number of nitrogens with zero attached hydrogens (tertiary/aromatic N) is 3. The molecule has 0 atom stereocenters. The van der Waals surface area contributed by atoms with E-state index in [9.17, 15) is 17.6 Å². The van der Waals surface area contributed by atoms with E-state index in [0.29, 0.717) is 22.5 Å². The highest BCUT2D eigenvalue weighted by Gasteiger charge is 2.15. The zero-order valence-electron chi connectivity index (χ0n) is 15.9. The van der Waals surface area contributed by atoms with E-state index < -0.39 is 26.3 Å². The third kappa shape index (κ3) is 3.74. The maximum absolute atomic E-state index is 13.8. The Kier molecular flexibility index (Phi) is 4.74. The van der Waals surface area contributed by atoms with Crippen LogP contribution in [0.25, 0.3) is 11.1 Å². The maximum Gasteiger partial charge on any atom is 0.439 e. The summed E-state index contributed by atoms with van der Waals surface area (Å²) in [6.45, 7) is 1.75. The number of aryl methyl sites for hydroxylation is 1. The number of anilines is 3. The number of aromatic nitrogens is 3. The van der Waals surface area contributed by atoms with Gasteiger partial charge in [-0.25, -0.2) is 22.6 Å². The van der Waals surface area contributed by atoms with Gasteiger partial charge in [0.1, 0.15) is 16.2 Å². The molecule has 0 amide bonds. The Balaban J connectivity index is 1.68. The fourth-order valence-electron chi connectivity index (χ4n) is 2.79. The summed E-state index contributed by atoms with van der Waals surface area (Å²) in [5.41, 5.74) is 4.78. The lowest BCUT2D eigenvalue weighted by atomic mass is 10.3. The molecule has 0 unspecified atom stereocenters. The van der Waals surface area contributed by atoms with Gasteiger partial charge in [-0.2, -0.15) is 9.66 Å². The molecule has 0 bridgehead atoms. The Hall–Kier alpha value is -3.73. The van der Waals surface area contributed by atoms with Gasteiger partial charge in [-0.1, -0.05) is 12.1 Å². The van der Waals surface area contributed by atoms with Crippen molar-refractivity contribution < 1.29 is 17.2 Å². The first-order valence-corrected chi connectivity index (χ1v) is 10.6. The highest BCUT2D eigenvalue weighted by molar-refractivity contribution is 7.90. The van der Waals surface area contributed by atoms with Gasteiger partial charge in [0.15, 0.2) is 21.2 Å². The third-order valence-corrected chi connectivity index (χ3v) is 5.37. The number of hydrogen-bond donors (Lipinski definition) is 2. The number of hydrogen-bond acceptors (Lipinski definition) is 8. The Labute approximate surface area is 170 Å². The van der Waals surface area contributed by atoms with E-state index in [0.717, 1.165) is 18.4 Å². The number of nitrogens with one attached hydrogen (secondary N) is 2. The van der Waals surface area contributed by atoms with Gasteiger partial charge >= 0.3 is 5.76 Å². The summed E-state index contributed by atoms with van der Waals surface area (Å²) in [4.78, 5) is 20.2. The predicted molar refractivity (Wildman–Crippen MR) is 109 cm³/mol. The van der Waals surface area contributed by atoms with Crippen LogP contribution >= 0.6 is 0 Å². The van der Waals surface area contributed by atoms with Crippen molar-refractivity contribution in [2.24, 2.45) is 0 Å². The fraction of sp³-hybridized carbons (Fsp3) is 0.105. The lowest BCUT2D eigenvalue weighted by Crippen LogP contribution is -2.23. The Morgan fingerprint density at radius 1 is 1.17 bits per heavy atom. The molecular formula is C19H16FN5O4S. The average molecular weight is 429 g/mol. The second-order valence-corrected chi connectivity index (χ2v) is 8.53. The monoisotopic (exact) mass is 429 g/mol. The molecular weight excluding hydrogens is 413 g/mol. The molecule has 0 radical (unpaired) electrons. The lowest BCUT2D eigenvalue weighted by Gasteiger charge is -2.12. The molecule has 9 nitrogen and oxygen atoms in total. The molecule has 0 spiro atoms. The van der Waals surface area contributed by atoms with Crippen LogP contribution in [0.4, 0.5) is 21.8 Å². The Bertz CT molecular complexity index is 1430. The van der Waals surface area contributed by atoms with Gasteiger partial charge in [0, 0.05) is 23.7 Å². The van der Waals surface area contributed by atoms with Gasteiger partial charge in [-0.3, -0.25) is 5.43 Å². The normalized spacial score (nSPS) is 11.6. The zero-order valence-corrected chi connectivity index (χ0v) is 16.7. The first kappa shape index (κ1) is 19.6. The van der Waals surface area contributed by atoms with Gasteiger partial charge in [0.05, 0.1) is 0 Å². The summed E-state index contributed by atoms with van der Waals surface area (Å²) in [5, 5.41) is 2.84. The molecule has 0 aliphatic rings. The molecule has 4 rings (SSSR count). The van der Waals surface area contributed by atoms with E-state index in [4.69, 9.17) is 4.42 Å². The van der Waals surface area contributed by atoms with Gasteiger partial charge in [0.25, 0.3) is 0 Å².